The summed E-state index contributed by atoms with van der Waals surface area (Å²) < 4.78 is 23.1. The van der Waals surface area contributed by atoms with E-state index in [4.69, 9.17) is 5.11 Å². The second kappa shape index (κ2) is 5.16. The van der Waals surface area contributed by atoms with E-state index < -0.39 is 15.8 Å². The lowest BCUT2D eigenvalue weighted by molar-refractivity contribution is 0.0697. The number of aromatic carboxylic acids is 1. The normalized spacial score (nSPS) is 21.8. The van der Waals surface area contributed by atoms with Crippen molar-refractivity contribution in [3.63, 3.8) is 0 Å². The molecule has 1 aliphatic rings. The van der Waals surface area contributed by atoms with Crippen LogP contribution < -0.4 is 5.32 Å². The fourth-order valence-corrected chi connectivity index (χ4v) is 3.84. The van der Waals surface area contributed by atoms with Crippen LogP contribution in [0.25, 0.3) is 0 Å². The molecule has 6 nitrogen and oxygen atoms in total. The minimum Gasteiger partial charge on any atom is -0.478 e. The Balaban J connectivity index is 2.23. The molecular formula is C12H16N2O4S. The third-order valence-electron chi connectivity index (χ3n) is 3.09. The molecule has 1 aromatic rings. The topological polar surface area (TPSA) is 96.4 Å². The van der Waals surface area contributed by atoms with Gasteiger partial charge < -0.3 is 10.4 Å². The predicted octanol–water partition coefficient (Wildman–Crippen LogP) is 1.08. The van der Waals surface area contributed by atoms with Crippen molar-refractivity contribution in [3.05, 3.63) is 23.5 Å². The van der Waals surface area contributed by atoms with Crippen LogP contribution in [0.2, 0.25) is 0 Å². The summed E-state index contributed by atoms with van der Waals surface area (Å²) in [5, 5.41) is 12.1. The maximum atomic E-state index is 11.6. The second-order valence-electron chi connectivity index (χ2n) is 4.77. The largest absolute Gasteiger partial charge is 0.478 e. The molecule has 1 atom stereocenters. The minimum absolute atomic E-state index is 0.0490. The van der Waals surface area contributed by atoms with Gasteiger partial charge in [-0.25, -0.2) is 13.2 Å². The lowest BCUT2D eigenvalue weighted by atomic mass is 10.1. The van der Waals surface area contributed by atoms with Gasteiger partial charge in [0.05, 0.1) is 17.2 Å². The van der Waals surface area contributed by atoms with E-state index in [1.165, 1.54) is 6.20 Å². The number of aromatic nitrogens is 1. The third-order valence-corrected chi connectivity index (χ3v) is 4.91. The highest BCUT2D eigenvalue weighted by Crippen LogP contribution is 2.21. The summed E-state index contributed by atoms with van der Waals surface area (Å²) >= 11 is 0. The fraction of sp³-hybridized carbons (Fsp3) is 0.500. The summed E-state index contributed by atoms with van der Waals surface area (Å²) in [5.74, 6) is -0.812. The number of hydrogen-bond donors (Lipinski definition) is 2. The Hall–Kier alpha value is -1.63. The molecule has 19 heavy (non-hydrogen) atoms. The first-order chi connectivity index (χ1) is 8.87. The average Bonchev–Trinajstić information content (AvgIpc) is 2.27. The molecule has 0 aliphatic carbocycles. The number of pyridine rings is 1. The molecule has 0 radical (unpaired) electrons. The molecule has 7 heteroatoms. The molecule has 1 saturated heterocycles. The highest BCUT2D eigenvalue weighted by atomic mass is 32.2. The Morgan fingerprint density at radius 1 is 1.53 bits per heavy atom. The number of nitrogens with one attached hydrogen (secondary N) is 1. The van der Waals surface area contributed by atoms with E-state index in [1.807, 2.05) is 0 Å². The van der Waals surface area contributed by atoms with Crippen molar-refractivity contribution in [2.75, 3.05) is 16.8 Å². The molecule has 1 aliphatic heterocycles. The molecular weight excluding hydrogens is 268 g/mol. The van der Waals surface area contributed by atoms with Crippen LogP contribution in [0.3, 0.4) is 0 Å². The van der Waals surface area contributed by atoms with Gasteiger partial charge in [0.2, 0.25) is 0 Å². The molecule has 2 N–H and O–H groups in total. The zero-order valence-electron chi connectivity index (χ0n) is 10.6. The van der Waals surface area contributed by atoms with Crippen LogP contribution in [0.15, 0.2) is 12.3 Å². The van der Waals surface area contributed by atoms with Crippen LogP contribution >= 0.6 is 0 Å². The van der Waals surface area contributed by atoms with Crippen LogP contribution in [0.1, 0.15) is 28.9 Å². The molecule has 104 valence electrons. The summed E-state index contributed by atoms with van der Waals surface area (Å²) in [6.45, 7) is 1.76. The van der Waals surface area contributed by atoms with Gasteiger partial charge in [0, 0.05) is 17.9 Å². The number of nitrogens with zero attached hydrogens (tertiary/aromatic N) is 1. The number of rotatable bonds is 3. The number of carboxylic acids is 1. The zero-order chi connectivity index (χ0) is 14.0. The summed E-state index contributed by atoms with van der Waals surface area (Å²) in [6, 6.07) is 1.39. The number of sulfone groups is 1. The number of carbonyl (C=O) groups is 1. The van der Waals surface area contributed by atoms with Crippen molar-refractivity contribution in [2.45, 2.75) is 25.8 Å². The molecule has 0 amide bonds. The number of anilines is 1. The molecule has 2 heterocycles. The summed E-state index contributed by atoms with van der Waals surface area (Å²) in [4.78, 5) is 15.0. The van der Waals surface area contributed by atoms with Gasteiger partial charge in [-0.3, -0.25) is 4.98 Å². The smallest absolute Gasteiger partial charge is 0.339 e. The van der Waals surface area contributed by atoms with Gasteiger partial charge in [0.15, 0.2) is 9.84 Å². The van der Waals surface area contributed by atoms with Gasteiger partial charge in [-0.05, 0) is 25.8 Å². The van der Waals surface area contributed by atoms with Crippen molar-refractivity contribution in [1.29, 1.82) is 0 Å². The first-order valence-electron chi connectivity index (χ1n) is 6.04. The molecule has 0 saturated carbocycles. The van der Waals surface area contributed by atoms with Crippen molar-refractivity contribution in [3.8, 4) is 0 Å². The van der Waals surface area contributed by atoms with E-state index in [0.29, 0.717) is 17.8 Å². The number of hydrogen-bond acceptors (Lipinski definition) is 5. The van der Waals surface area contributed by atoms with E-state index in [1.54, 1.807) is 13.0 Å². The lowest BCUT2D eigenvalue weighted by Gasteiger charge is -2.24. The lowest BCUT2D eigenvalue weighted by Crippen LogP contribution is -2.35. The quantitative estimate of drug-likeness (QED) is 0.862. The fourth-order valence-electron chi connectivity index (χ4n) is 2.21. The Morgan fingerprint density at radius 2 is 2.26 bits per heavy atom. The maximum Gasteiger partial charge on any atom is 0.339 e. The van der Waals surface area contributed by atoms with Crippen molar-refractivity contribution >= 4 is 21.5 Å². The molecule has 1 fully saturated rings. The van der Waals surface area contributed by atoms with Crippen LogP contribution in [0.5, 0.6) is 0 Å². The van der Waals surface area contributed by atoms with Crippen LogP contribution in [0, 0.1) is 6.92 Å². The Kier molecular flexibility index (Phi) is 3.75. The second-order valence-corrected chi connectivity index (χ2v) is 7.00. The van der Waals surface area contributed by atoms with Crippen LogP contribution in [0.4, 0.5) is 5.69 Å². The SMILES string of the molecule is Cc1cc(NC2CCCS(=O)(=O)C2)c(C(=O)O)cn1. The highest BCUT2D eigenvalue weighted by Gasteiger charge is 2.25. The average molecular weight is 284 g/mol. The van der Waals surface area contributed by atoms with E-state index >= 15 is 0 Å². The molecule has 2 rings (SSSR count). The van der Waals surface area contributed by atoms with Gasteiger partial charge in [0.1, 0.15) is 5.56 Å². The maximum absolute atomic E-state index is 11.6. The first-order valence-corrected chi connectivity index (χ1v) is 7.86. The van der Waals surface area contributed by atoms with E-state index in [2.05, 4.69) is 10.3 Å². The third kappa shape index (κ3) is 3.44. The monoisotopic (exact) mass is 284 g/mol. The van der Waals surface area contributed by atoms with Gasteiger partial charge in [0.25, 0.3) is 0 Å². The molecule has 0 bridgehead atoms. The van der Waals surface area contributed by atoms with E-state index in [0.717, 1.165) is 6.42 Å². The number of carboxylic acid groups (broad SMARTS) is 1. The highest BCUT2D eigenvalue weighted by molar-refractivity contribution is 7.91. The van der Waals surface area contributed by atoms with E-state index in [9.17, 15) is 13.2 Å². The zero-order valence-corrected chi connectivity index (χ0v) is 11.4. The molecule has 1 unspecified atom stereocenters. The van der Waals surface area contributed by atoms with Gasteiger partial charge in [-0.2, -0.15) is 0 Å². The standard InChI is InChI=1S/C12H16N2O4S/c1-8-5-11(10(6-13-8)12(15)16)14-9-3-2-4-19(17,18)7-9/h5-6,9H,2-4,7H2,1H3,(H,13,14)(H,15,16). The summed E-state index contributed by atoms with van der Waals surface area (Å²) in [7, 11) is -3.02. The van der Waals surface area contributed by atoms with Gasteiger partial charge in [-0.15, -0.1) is 0 Å². The van der Waals surface area contributed by atoms with Crippen molar-refractivity contribution < 1.29 is 18.3 Å². The summed E-state index contributed by atoms with van der Waals surface area (Å²) in [6.07, 6.45) is 2.61. The Bertz CT molecular complexity index is 598. The molecule has 0 spiro atoms. The first kappa shape index (κ1) is 13.8. The van der Waals surface area contributed by atoms with Crippen LogP contribution in [-0.4, -0.2) is 42.0 Å². The van der Waals surface area contributed by atoms with Crippen molar-refractivity contribution in [1.82, 2.24) is 4.98 Å². The number of aryl methyl sites for hydroxylation is 1. The Morgan fingerprint density at radius 3 is 2.89 bits per heavy atom. The van der Waals surface area contributed by atoms with Crippen LogP contribution in [-0.2, 0) is 9.84 Å². The molecule has 1 aromatic heterocycles. The minimum atomic E-state index is -3.02. The van der Waals surface area contributed by atoms with E-state index in [-0.39, 0.29) is 23.1 Å². The predicted molar refractivity (Wildman–Crippen MR) is 71.2 cm³/mol. The van der Waals surface area contributed by atoms with Gasteiger partial charge >= 0.3 is 5.97 Å². The molecule has 0 aromatic carbocycles. The summed E-state index contributed by atoms with van der Waals surface area (Å²) in [5.41, 5.74) is 1.18. The Labute approximate surface area is 111 Å². The van der Waals surface area contributed by atoms with Gasteiger partial charge in [-0.1, -0.05) is 0 Å². The van der Waals surface area contributed by atoms with Crippen molar-refractivity contribution in [2.24, 2.45) is 0 Å².